The lowest BCUT2D eigenvalue weighted by molar-refractivity contribution is 0.111. The van der Waals surface area contributed by atoms with E-state index in [1.165, 1.54) is 6.07 Å². The Kier molecular flexibility index (Phi) is 5.56. The summed E-state index contributed by atoms with van der Waals surface area (Å²) in [5.74, 6) is -1.51. The van der Waals surface area contributed by atoms with E-state index >= 15 is 0 Å². The molecule has 1 aromatic rings. The maximum absolute atomic E-state index is 13.0. The Hall–Kier alpha value is -0.960. The summed E-state index contributed by atoms with van der Waals surface area (Å²) in [6, 6.07) is 3.79. The number of aliphatic hydroxyl groups excluding tert-OH is 1. The second-order valence-electron chi connectivity index (χ2n) is 4.64. The fourth-order valence-corrected chi connectivity index (χ4v) is 1.83. The van der Waals surface area contributed by atoms with Crippen LogP contribution in [0, 0.1) is 17.6 Å². The minimum atomic E-state index is -0.851. The van der Waals surface area contributed by atoms with Gasteiger partial charge in [0.25, 0.3) is 0 Å². The molecule has 0 aliphatic heterocycles. The highest BCUT2D eigenvalue weighted by Crippen LogP contribution is 2.17. The lowest BCUT2D eigenvalue weighted by atomic mass is 9.93. The van der Waals surface area contributed by atoms with Crippen molar-refractivity contribution in [3.8, 4) is 0 Å². The summed E-state index contributed by atoms with van der Waals surface area (Å²) in [6.45, 7) is 4.09. The fraction of sp³-hybridized carbons (Fsp3) is 0.571. The van der Waals surface area contributed by atoms with Crippen LogP contribution >= 0.6 is 0 Å². The highest BCUT2D eigenvalue weighted by molar-refractivity contribution is 5.18. The molecular formula is C14H20F2O. The van der Waals surface area contributed by atoms with E-state index in [4.69, 9.17) is 0 Å². The number of hydrogen-bond acceptors (Lipinski definition) is 1. The number of unbranched alkanes of at least 4 members (excludes halogenated alkanes) is 1. The van der Waals surface area contributed by atoms with E-state index in [-0.39, 0.29) is 5.92 Å². The van der Waals surface area contributed by atoms with Crippen LogP contribution in [0.2, 0.25) is 0 Å². The van der Waals surface area contributed by atoms with Gasteiger partial charge in [-0.2, -0.15) is 0 Å². The van der Waals surface area contributed by atoms with Crippen molar-refractivity contribution in [3.63, 3.8) is 0 Å². The summed E-state index contributed by atoms with van der Waals surface area (Å²) in [5, 5.41) is 9.94. The predicted octanol–water partition coefficient (Wildman–Crippen LogP) is 3.69. The molecule has 3 heteroatoms. The molecule has 0 fully saturated rings. The first-order chi connectivity index (χ1) is 8.04. The van der Waals surface area contributed by atoms with Gasteiger partial charge in [0, 0.05) is 0 Å². The first-order valence-electron chi connectivity index (χ1n) is 6.16. The van der Waals surface area contributed by atoms with Crippen molar-refractivity contribution in [1.82, 2.24) is 0 Å². The number of halogens is 2. The summed E-state index contributed by atoms with van der Waals surface area (Å²) in [7, 11) is 0. The van der Waals surface area contributed by atoms with Gasteiger partial charge in [0.15, 0.2) is 11.6 Å². The third-order valence-corrected chi connectivity index (χ3v) is 3.10. The smallest absolute Gasteiger partial charge is 0.159 e. The Balaban J connectivity index is 2.55. The van der Waals surface area contributed by atoms with Crippen molar-refractivity contribution in [2.24, 2.45) is 5.92 Å². The van der Waals surface area contributed by atoms with Gasteiger partial charge in [0.05, 0.1) is 6.10 Å². The zero-order chi connectivity index (χ0) is 12.8. The zero-order valence-corrected chi connectivity index (χ0v) is 10.4. The third-order valence-electron chi connectivity index (χ3n) is 3.10. The van der Waals surface area contributed by atoms with Crippen molar-refractivity contribution >= 4 is 0 Å². The quantitative estimate of drug-likeness (QED) is 0.806. The Morgan fingerprint density at radius 1 is 1.24 bits per heavy atom. The summed E-state index contributed by atoms with van der Waals surface area (Å²) < 4.78 is 25.7. The molecule has 1 aromatic carbocycles. The van der Waals surface area contributed by atoms with E-state index in [9.17, 15) is 13.9 Å². The van der Waals surface area contributed by atoms with E-state index in [2.05, 4.69) is 6.92 Å². The molecule has 96 valence electrons. The zero-order valence-electron chi connectivity index (χ0n) is 10.4. The molecule has 1 rings (SSSR count). The van der Waals surface area contributed by atoms with Gasteiger partial charge < -0.3 is 5.11 Å². The normalized spacial score (nSPS) is 14.6. The molecule has 0 spiro atoms. The topological polar surface area (TPSA) is 20.2 Å². The molecule has 0 bridgehead atoms. The standard InChI is InChI=1S/C14H20F2O/c1-3-4-5-10(2)14(17)9-11-6-7-12(15)13(16)8-11/h6-8,10,14,17H,3-5,9H2,1-2H3. The molecule has 0 heterocycles. The van der Waals surface area contributed by atoms with Gasteiger partial charge in [-0.1, -0.05) is 32.8 Å². The van der Waals surface area contributed by atoms with Crippen molar-refractivity contribution in [2.45, 2.75) is 45.6 Å². The number of rotatable bonds is 6. The summed E-state index contributed by atoms with van der Waals surface area (Å²) in [4.78, 5) is 0. The van der Waals surface area contributed by atoms with E-state index in [1.54, 1.807) is 0 Å². The minimum absolute atomic E-state index is 0.183. The van der Waals surface area contributed by atoms with Crippen molar-refractivity contribution in [2.75, 3.05) is 0 Å². The molecule has 0 radical (unpaired) electrons. The Labute approximate surface area is 101 Å². The highest BCUT2D eigenvalue weighted by Gasteiger charge is 2.15. The first kappa shape index (κ1) is 14.1. The van der Waals surface area contributed by atoms with Crippen LogP contribution in [0.1, 0.15) is 38.7 Å². The maximum Gasteiger partial charge on any atom is 0.159 e. The van der Waals surface area contributed by atoms with Gasteiger partial charge in [-0.05, 0) is 36.5 Å². The molecule has 0 saturated heterocycles. The molecule has 0 aliphatic carbocycles. The van der Waals surface area contributed by atoms with Crippen LogP contribution in [0.4, 0.5) is 8.78 Å². The largest absolute Gasteiger partial charge is 0.393 e. The van der Waals surface area contributed by atoms with Crippen LogP contribution in [0.15, 0.2) is 18.2 Å². The molecule has 1 N–H and O–H groups in total. The van der Waals surface area contributed by atoms with E-state index in [0.717, 1.165) is 31.4 Å². The van der Waals surface area contributed by atoms with E-state index < -0.39 is 17.7 Å². The van der Waals surface area contributed by atoms with Gasteiger partial charge in [0.2, 0.25) is 0 Å². The van der Waals surface area contributed by atoms with E-state index in [0.29, 0.717) is 12.0 Å². The lowest BCUT2D eigenvalue weighted by Gasteiger charge is -2.18. The second-order valence-corrected chi connectivity index (χ2v) is 4.64. The van der Waals surface area contributed by atoms with Crippen LogP contribution in [-0.2, 0) is 6.42 Å². The van der Waals surface area contributed by atoms with Gasteiger partial charge in [-0.15, -0.1) is 0 Å². The molecule has 0 amide bonds. The van der Waals surface area contributed by atoms with Crippen LogP contribution < -0.4 is 0 Å². The highest BCUT2D eigenvalue weighted by atomic mass is 19.2. The monoisotopic (exact) mass is 242 g/mol. The maximum atomic E-state index is 13.0. The molecule has 0 aromatic heterocycles. The number of aliphatic hydroxyl groups is 1. The van der Waals surface area contributed by atoms with Crippen LogP contribution in [-0.4, -0.2) is 11.2 Å². The Morgan fingerprint density at radius 2 is 1.94 bits per heavy atom. The molecule has 0 aliphatic rings. The SMILES string of the molecule is CCCCC(C)C(O)Cc1ccc(F)c(F)c1. The van der Waals surface area contributed by atoms with Gasteiger partial charge in [-0.3, -0.25) is 0 Å². The average molecular weight is 242 g/mol. The molecule has 0 saturated carbocycles. The molecule has 2 unspecified atom stereocenters. The van der Waals surface area contributed by atoms with Gasteiger partial charge in [0.1, 0.15) is 0 Å². The Morgan fingerprint density at radius 3 is 2.53 bits per heavy atom. The molecule has 1 nitrogen and oxygen atoms in total. The van der Waals surface area contributed by atoms with Gasteiger partial charge >= 0.3 is 0 Å². The predicted molar refractivity (Wildman–Crippen MR) is 64.8 cm³/mol. The second kappa shape index (κ2) is 6.70. The number of benzene rings is 1. The van der Waals surface area contributed by atoms with Crippen LogP contribution in [0.25, 0.3) is 0 Å². The summed E-state index contributed by atoms with van der Waals surface area (Å²) in [5.41, 5.74) is 0.639. The van der Waals surface area contributed by atoms with Crippen molar-refractivity contribution in [1.29, 1.82) is 0 Å². The van der Waals surface area contributed by atoms with E-state index in [1.807, 2.05) is 6.92 Å². The average Bonchev–Trinajstić information content (AvgIpc) is 2.30. The lowest BCUT2D eigenvalue weighted by Crippen LogP contribution is -2.20. The molecule has 17 heavy (non-hydrogen) atoms. The summed E-state index contributed by atoms with van der Waals surface area (Å²) in [6.07, 6.45) is 3.02. The van der Waals surface area contributed by atoms with Crippen molar-refractivity contribution < 1.29 is 13.9 Å². The number of hydrogen-bond donors (Lipinski definition) is 1. The first-order valence-corrected chi connectivity index (χ1v) is 6.16. The minimum Gasteiger partial charge on any atom is -0.393 e. The van der Waals surface area contributed by atoms with Crippen molar-refractivity contribution in [3.05, 3.63) is 35.4 Å². The van der Waals surface area contributed by atoms with Gasteiger partial charge in [-0.25, -0.2) is 8.78 Å². The summed E-state index contributed by atoms with van der Waals surface area (Å²) >= 11 is 0. The van der Waals surface area contributed by atoms with Crippen LogP contribution in [0.5, 0.6) is 0 Å². The Bertz CT molecular complexity index is 352. The third kappa shape index (κ3) is 4.43. The van der Waals surface area contributed by atoms with Crippen LogP contribution in [0.3, 0.4) is 0 Å². The molecular weight excluding hydrogens is 222 g/mol. The fourth-order valence-electron chi connectivity index (χ4n) is 1.83. The molecule has 2 atom stereocenters.